The van der Waals surface area contributed by atoms with Crippen molar-refractivity contribution in [2.75, 3.05) is 30.0 Å². The van der Waals surface area contributed by atoms with Gasteiger partial charge in [0.1, 0.15) is 17.5 Å². The second kappa shape index (κ2) is 10.4. The summed E-state index contributed by atoms with van der Waals surface area (Å²) >= 11 is 0. The third kappa shape index (κ3) is 5.30. The second-order valence-electron chi connectivity index (χ2n) is 8.36. The highest BCUT2D eigenvalue weighted by molar-refractivity contribution is 7.89. The highest BCUT2D eigenvalue weighted by atomic mass is 32.2. The first-order chi connectivity index (χ1) is 16.8. The van der Waals surface area contributed by atoms with Gasteiger partial charge in [0, 0.05) is 19.5 Å². The highest BCUT2D eigenvalue weighted by Gasteiger charge is 2.35. The number of carbonyl (C=O) groups is 2. The van der Waals surface area contributed by atoms with E-state index < -0.39 is 27.9 Å². The van der Waals surface area contributed by atoms with Crippen molar-refractivity contribution in [3.05, 3.63) is 48.5 Å². The van der Waals surface area contributed by atoms with E-state index in [-0.39, 0.29) is 22.7 Å². The van der Waals surface area contributed by atoms with Gasteiger partial charge in [-0.25, -0.2) is 8.42 Å². The quantitative estimate of drug-likeness (QED) is 0.572. The van der Waals surface area contributed by atoms with Gasteiger partial charge in [0.25, 0.3) is 5.91 Å². The smallest absolute Gasteiger partial charge is 0.272 e. The second-order valence-corrected chi connectivity index (χ2v) is 10.3. The summed E-state index contributed by atoms with van der Waals surface area (Å²) in [6, 6.07) is 12.6. The average molecular weight is 500 g/mol. The third-order valence-electron chi connectivity index (χ3n) is 5.97. The number of ether oxygens (including phenoxy) is 1. The largest absolute Gasteiger partial charge is 0.492 e. The number of nitrogens with two attached hydrogens (primary N) is 1. The Morgan fingerprint density at radius 3 is 2.49 bits per heavy atom. The van der Waals surface area contributed by atoms with Crippen LogP contribution in [0.5, 0.6) is 5.75 Å². The molecule has 3 N–H and O–H groups in total. The van der Waals surface area contributed by atoms with Crippen LogP contribution >= 0.6 is 0 Å². The SMILES string of the molecule is CCOc1ccc(S(=O)(=O)N2CCCCC2)cc1NC(=O)C1=NN(c2ccccc2)C(C(N)=O)C1. The van der Waals surface area contributed by atoms with Crippen LogP contribution < -0.4 is 20.8 Å². The van der Waals surface area contributed by atoms with Gasteiger partial charge in [-0.1, -0.05) is 24.6 Å². The fourth-order valence-electron chi connectivity index (χ4n) is 4.19. The molecule has 0 bridgehead atoms. The Balaban J connectivity index is 1.61. The maximum atomic E-state index is 13.2. The standard InChI is InChI=1S/C24H29N5O5S/c1-2-34-22-12-11-18(35(32,33)28-13-7-4-8-14-28)15-19(22)26-24(31)20-16-21(23(25)30)29(27-20)17-9-5-3-6-10-17/h3,5-6,9-12,15,21H,2,4,7-8,13-14,16H2,1H3,(H2,25,30)(H,26,31). The van der Waals surface area contributed by atoms with Crippen LogP contribution in [-0.4, -0.2) is 56.0 Å². The lowest BCUT2D eigenvalue weighted by Gasteiger charge is -2.26. The van der Waals surface area contributed by atoms with Crippen molar-refractivity contribution in [3.8, 4) is 5.75 Å². The van der Waals surface area contributed by atoms with E-state index in [9.17, 15) is 18.0 Å². The van der Waals surface area contributed by atoms with Gasteiger partial charge in [0.05, 0.1) is 22.9 Å². The Bertz CT molecular complexity index is 1230. The summed E-state index contributed by atoms with van der Waals surface area (Å²) in [6.07, 6.45) is 2.66. The molecule has 0 saturated carbocycles. The fraction of sp³-hybridized carbons (Fsp3) is 0.375. The number of para-hydroxylation sites is 1. The lowest BCUT2D eigenvalue weighted by atomic mass is 10.1. The molecular weight excluding hydrogens is 470 g/mol. The number of amides is 2. The van der Waals surface area contributed by atoms with Gasteiger partial charge in [-0.15, -0.1) is 0 Å². The predicted molar refractivity (Wildman–Crippen MR) is 133 cm³/mol. The number of anilines is 2. The fourth-order valence-corrected chi connectivity index (χ4v) is 5.73. The zero-order chi connectivity index (χ0) is 25.0. The van der Waals surface area contributed by atoms with Gasteiger partial charge in [0.2, 0.25) is 15.9 Å². The van der Waals surface area contributed by atoms with Gasteiger partial charge >= 0.3 is 0 Å². The Kier molecular flexibility index (Phi) is 7.37. The summed E-state index contributed by atoms with van der Waals surface area (Å²) in [7, 11) is -3.71. The van der Waals surface area contributed by atoms with Gasteiger partial charge < -0.3 is 15.8 Å². The molecule has 0 aliphatic carbocycles. The molecule has 1 fully saturated rings. The van der Waals surface area contributed by atoms with Gasteiger partial charge in [-0.3, -0.25) is 14.6 Å². The lowest BCUT2D eigenvalue weighted by Crippen LogP contribution is -2.39. The number of rotatable bonds is 8. The number of hydrogen-bond donors (Lipinski definition) is 2. The summed E-state index contributed by atoms with van der Waals surface area (Å²) in [5.74, 6) is -0.836. The topological polar surface area (TPSA) is 134 Å². The van der Waals surface area contributed by atoms with Crippen LogP contribution in [0.1, 0.15) is 32.6 Å². The molecule has 2 aromatic carbocycles. The summed E-state index contributed by atoms with van der Waals surface area (Å²) in [4.78, 5) is 25.3. The number of hydrazone groups is 1. The van der Waals surface area contributed by atoms with Crippen LogP contribution in [0.15, 0.2) is 58.5 Å². The first kappa shape index (κ1) is 24.7. The number of primary amides is 1. The number of sulfonamides is 1. The molecular formula is C24H29N5O5S. The Morgan fingerprint density at radius 2 is 1.83 bits per heavy atom. The first-order valence-electron chi connectivity index (χ1n) is 11.6. The summed E-state index contributed by atoms with van der Waals surface area (Å²) in [5.41, 5.74) is 6.51. The number of hydrogen-bond acceptors (Lipinski definition) is 7. The number of carbonyl (C=O) groups excluding carboxylic acids is 2. The van der Waals surface area contributed by atoms with E-state index in [1.807, 2.05) is 6.07 Å². The maximum Gasteiger partial charge on any atom is 0.272 e. The van der Waals surface area contributed by atoms with E-state index >= 15 is 0 Å². The van der Waals surface area contributed by atoms with E-state index in [4.69, 9.17) is 10.5 Å². The Labute approximate surface area is 204 Å². The molecule has 10 nitrogen and oxygen atoms in total. The molecule has 2 heterocycles. The van der Waals surface area contributed by atoms with Crippen molar-refractivity contribution in [3.63, 3.8) is 0 Å². The van der Waals surface area contributed by atoms with Crippen LogP contribution in [0.3, 0.4) is 0 Å². The first-order valence-corrected chi connectivity index (χ1v) is 13.0. The molecule has 1 saturated heterocycles. The highest BCUT2D eigenvalue weighted by Crippen LogP contribution is 2.31. The zero-order valence-electron chi connectivity index (χ0n) is 19.5. The van der Waals surface area contributed by atoms with Crippen LogP contribution in [0.4, 0.5) is 11.4 Å². The van der Waals surface area contributed by atoms with E-state index in [1.165, 1.54) is 27.5 Å². The van der Waals surface area contributed by atoms with Crippen LogP contribution in [-0.2, 0) is 19.6 Å². The number of piperidine rings is 1. The minimum Gasteiger partial charge on any atom is -0.492 e. The molecule has 0 spiro atoms. The molecule has 4 rings (SSSR count). The van der Waals surface area contributed by atoms with Crippen LogP contribution in [0.25, 0.3) is 0 Å². The number of nitrogens with one attached hydrogen (secondary N) is 1. The van der Waals surface area contributed by atoms with Crippen LogP contribution in [0, 0.1) is 0 Å². The van der Waals surface area contributed by atoms with Crippen molar-refractivity contribution in [1.82, 2.24) is 4.31 Å². The molecule has 0 radical (unpaired) electrons. The predicted octanol–water partition coefficient (Wildman–Crippen LogP) is 2.32. The molecule has 35 heavy (non-hydrogen) atoms. The molecule has 1 unspecified atom stereocenters. The molecule has 2 aliphatic heterocycles. The van der Waals surface area contributed by atoms with Gasteiger partial charge in [0.15, 0.2) is 0 Å². The van der Waals surface area contributed by atoms with Crippen molar-refractivity contribution >= 4 is 38.9 Å². The Hall–Kier alpha value is -3.44. The minimum absolute atomic E-state index is 0.0196. The van der Waals surface area contributed by atoms with Gasteiger partial charge in [-0.05, 0) is 50.1 Å². The average Bonchev–Trinajstić information content (AvgIpc) is 3.32. The third-order valence-corrected chi connectivity index (χ3v) is 7.87. The lowest BCUT2D eigenvalue weighted by molar-refractivity contribution is -0.119. The molecule has 186 valence electrons. The maximum absolute atomic E-state index is 13.2. The van der Waals surface area contributed by atoms with E-state index in [0.717, 1.165) is 19.3 Å². The summed E-state index contributed by atoms with van der Waals surface area (Å²) in [6.45, 7) is 3.06. The summed E-state index contributed by atoms with van der Waals surface area (Å²) in [5, 5.41) is 8.50. The molecule has 1 atom stereocenters. The Morgan fingerprint density at radius 1 is 1.11 bits per heavy atom. The normalized spacial score (nSPS) is 18.7. The molecule has 0 aromatic heterocycles. The number of benzene rings is 2. The molecule has 2 amide bonds. The molecule has 11 heteroatoms. The van der Waals surface area contributed by atoms with Crippen molar-refractivity contribution in [2.45, 2.75) is 43.5 Å². The monoisotopic (exact) mass is 499 g/mol. The van der Waals surface area contributed by atoms with E-state index in [2.05, 4.69) is 10.4 Å². The van der Waals surface area contributed by atoms with E-state index in [0.29, 0.717) is 31.1 Å². The van der Waals surface area contributed by atoms with Crippen LogP contribution in [0.2, 0.25) is 0 Å². The van der Waals surface area contributed by atoms with Gasteiger partial charge in [-0.2, -0.15) is 9.41 Å². The molecule has 2 aromatic rings. The molecule has 2 aliphatic rings. The number of nitrogens with zero attached hydrogens (tertiary/aromatic N) is 3. The van der Waals surface area contributed by atoms with E-state index in [1.54, 1.807) is 31.2 Å². The summed E-state index contributed by atoms with van der Waals surface area (Å²) < 4.78 is 33.4. The van der Waals surface area contributed by atoms with Crippen molar-refractivity contribution < 1.29 is 22.7 Å². The van der Waals surface area contributed by atoms with Crippen molar-refractivity contribution in [1.29, 1.82) is 0 Å². The minimum atomic E-state index is -3.71. The van der Waals surface area contributed by atoms with Crippen molar-refractivity contribution in [2.24, 2.45) is 10.8 Å². The zero-order valence-corrected chi connectivity index (χ0v) is 20.3.